The summed E-state index contributed by atoms with van der Waals surface area (Å²) >= 11 is 1.43. The number of carbonyl (C=O) groups excluding carboxylic acids is 1. The van der Waals surface area contributed by atoms with Crippen molar-refractivity contribution < 1.29 is 7.65 Å². The maximum Gasteiger partial charge on any atom is 0.258 e. The first-order valence-corrected chi connectivity index (χ1v) is 5.82. The molecule has 2 aromatic rings. The van der Waals surface area contributed by atoms with E-state index in [-0.39, 0.29) is 8.76 Å². The van der Waals surface area contributed by atoms with Gasteiger partial charge >= 0.3 is 0 Å². The summed E-state index contributed by atoms with van der Waals surface area (Å²) in [6.07, 6.45) is 7.06. The number of benzene rings is 1. The van der Waals surface area contributed by atoms with Gasteiger partial charge in [-0.05, 0) is 19.1 Å². The lowest BCUT2D eigenvalue weighted by Gasteiger charge is -2.03. The second kappa shape index (κ2) is 4.81. The molecular weight excluding hydrogens is 232 g/mol. The first-order chi connectivity index (χ1) is 8.20. The summed E-state index contributed by atoms with van der Waals surface area (Å²) in [4.78, 5) is 17.1. The highest BCUT2D eigenvalue weighted by Crippen LogP contribution is 2.18. The van der Waals surface area contributed by atoms with E-state index in [9.17, 15) is 4.79 Å². The second-order valence-corrected chi connectivity index (χ2v) is 4.65. The number of carbonyl (C=O) groups is 1. The number of nitrogens with one attached hydrogen (secondary N) is 1. The summed E-state index contributed by atoms with van der Waals surface area (Å²) in [7, 11) is 0. The second-order valence-electron chi connectivity index (χ2n) is 3.42. The van der Waals surface area contributed by atoms with Crippen molar-refractivity contribution in [2.75, 3.05) is 5.32 Å². The Morgan fingerprint density at radius 3 is 2.94 bits per heavy atom. The molecular formula is C13H14N2OS. The van der Waals surface area contributed by atoms with Crippen LogP contribution < -0.4 is 5.32 Å². The predicted molar refractivity (Wildman–Crippen MR) is 73.4 cm³/mol. The van der Waals surface area contributed by atoms with Crippen molar-refractivity contribution in [2.45, 2.75) is 6.92 Å². The molecule has 0 aliphatic heterocycles. The van der Waals surface area contributed by atoms with E-state index in [1.807, 2.05) is 6.92 Å². The lowest BCUT2D eigenvalue weighted by molar-refractivity contribution is 0.102. The molecule has 1 heterocycles. The van der Waals surface area contributed by atoms with Crippen LogP contribution in [0.5, 0.6) is 0 Å². The van der Waals surface area contributed by atoms with E-state index in [2.05, 4.69) is 16.2 Å². The van der Waals surface area contributed by atoms with E-state index >= 15 is 0 Å². The molecule has 3 nitrogen and oxygen atoms in total. The Morgan fingerprint density at radius 1 is 1.53 bits per heavy atom. The molecule has 0 aliphatic carbocycles. The highest BCUT2D eigenvalue weighted by atomic mass is 32.1. The Labute approximate surface area is 106 Å². The van der Waals surface area contributed by atoms with Crippen molar-refractivity contribution in [3.63, 3.8) is 0 Å². The molecule has 0 saturated carbocycles. The first-order valence-electron chi connectivity index (χ1n) is 5.00. The molecule has 88 valence electrons. The largest absolute Gasteiger partial charge is 0.298 e. The summed E-state index contributed by atoms with van der Waals surface area (Å²) in [6.45, 7) is 1.93. The fraction of sp³-hybridized carbons (Fsp3) is 0.0769. The third-order valence-electron chi connectivity index (χ3n) is 2.17. The van der Waals surface area contributed by atoms with E-state index in [0.29, 0.717) is 16.3 Å². The number of rotatable bonds is 2. The van der Waals surface area contributed by atoms with Gasteiger partial charge < -0.3 is 0 Å². The van der Waals surface area contributed by atoms with Crippen molar-refractivity contribution in [3.05, 3.63) is 46.5 Å². The van der Waals surface area contributed by atoms with E-state index in [1.165, 1.54) is 11.3 Å². The summed E-state index contributed by atoms with van der Waals surface area (Å²) in [5.74, 6) is 2.26. The van der Waals surface area contributed by atoms with Crippen molar-refractivity contribution in [1.82, 2.24) is 4.98 Å². The normalized spacial score (nSPS) is 9.65. The number of hydrogen-bond acceptors (Lipinski definition) is 3. The molecule has 2 rings (SSSR count). The van der Waals surface area contributed by atoms with Crippen LogP contribution in [0.25, 0.3) is 0 Å². The van der Waals surface area contributed by atoms with Crippen LogP contribution in [-0.4, -0.2) is 10.9 Å². The van der Waals surface area contributed by atoms with Gasteiger partial charge in [0.25, 0.3) is 5.91 Å². The molecule has 0 spiro atoms. The molecule has 0 atom stereocenters. The molecule has 0 unspecified atom stereocenters. The molecule has 1 aromatic carbocycles. The summed E-state index contributed by atoms with van der Waals surface area (Å²) in [6, 6.07) is 7.02. The molecule has 0 aliphatic rings. The van der Waals surface area contributed by atoms with Crippen LogP contribution in [0.3, 0.4) is 0 Å². The zero-order valence-corrected chi connectivity index (χ0v) is 10.0. The number of aromatic nitrogens is 1. The third kappa shape index (κ3) is 2.52. The molecule has 0 radical (unpaired) electrons. The van der Waals surface area contributed by atoms with Crippen molar-refractivity contribution in [2.24, 2.45) is 0 Å². The molecule has 0 saturated heterocycles. The minimum absolute atomic E-state index is 0. The van der Waals surface area contributed by atoms with Gasteiger partial charge in [0.1, 0.15) is 0 Å². The van der Waals surface area contributed by atoms with E-state index in [0.717, 1.165) is 4.88 Å². The van der Waals surface area contributed by atoms with Gasteiger partial charge in [-0.3, -0.25) is 10.1 Å². The summed E-state index contributed by atoms with van der Waals surface area (Å²) in [5, 5.41) is 3.31. The number of terminal acetylenes is 1. The van der Waals surface area contributed by atoms with Crippen LogP contribution in [0, 0.1) is 19.3 Å². The number of hydrogen-bond donors (Lipinski definition) is 1. The standard InChI is InChI=1S/C13H10N2OS.2H2/c1-3-10-6-4-5-7-11(10)12(16)15-13-14-8-9(2)17-13;;/h1,4-8H,2H3,(H,14,15,16);2*1H. The molecule has 0 fully saturated rings. The topological polar surface area (TPSA) is 42.0 Å². The fourth-order valence-electron chi connectivity index (χ4n) is 1.38. The lowest BCUT2D eigenvalue weighted by Crippen LogP contribution is -2.13. The third-order valence-corrected chi connectivity index (χ3v) is 3.00. The number of aryl methyl sites for hydroxylation is 1. The van der Waals surface area contributed by atoms with Gasteiger partial charge in [0.05, 0.1) is 5.56 Å². The lowest BCUT2D eigenvalue weighted by atomic mass is 10.1. The van der Waals surface area contributed by atoms with Crippen molar-refractivity contribution >= 4 is 22.4 Å². The van der Waals surface area contributed by atoms with Crippen LogP contribution in [-0.2, 0) is 0 Å². The van der Waals surface area contributed by atoms with Gasteiger partial charge in [-0.1, -0.05) is 18.1 Å². The average molecular weight is 246 g/mol. The molecule has 1 amide bonds. The zero-order chi connectivity index (χ0) is 12.3. The quantitative estimate of drug-likeness (QED) is 0.827. The fourth-order valence-corrected chi connectivity index (χ4v) is 2.04. The van der Waals surface area contributed by atoms with Crippen molar-refractivity contribution in [1.29, 1.82) is 0 Å². The van der Waals surface area contributed by atoms with Gasteiger partial charge in [-0.15, -0.1) is 17.8 Å². The maximum atomic E-state index is 12.0. The molecule has 1 aromatic heterocycles. The Balaban J connectivity index is 0.00000162. The van der Waals surface area contributed by atoms with E-state index in [1.54, 1.807) is 30.5 Å². The number of anilines is 1. The predicted octanol–water partition coefficient (Wildman–Crippen LogP) is 3.18. The summed E-state index contributed by atoms with van der Waals surface area (Å²) < 4.78 is 0. The van der Waals surface area contributed by atoms with Crippen LogP contribution in [0.1, 0.15) is 23.7 Å². The number of amides is 1. The summed E-state index contributed by atoms with van der Waals surface area (Å²) in [5.41, 5.74) is 1.07. The number of nitrogens with zero attached hydrogens (tertiary/aromatic N) is 1. The monoisotopic (exact) mass is 246 g/mol. The van der Waals surface area contributed by atoms with Crippen LogP contribution in [0.2, 0.25) is 0 Å². The molecule has 0 bridgehead atoms. The number of thiazole rings is 1. The SMILES string of the molecule is C#Cc1ccccc1C(=O)Nc1ncc(C)s1.[HH].[HH]. The Hall–Kier alpha value is -2.12. The van der Waals surface area contributed by atoms with E-state index in [4.69, 9.17) is 6.42 Å². The Kier molecular flexibility index (Phi) is 3.22. The van der Waals surface area contributed by atoms with Gasteiger partial charge in [-0.2, -0.15) is 0 Å². The minimum atomic E-state index is -0.229. The Bertz CT molecular complexity index is 605. The molecule has 4 heteroatoms. The highest BCUT2D eigenvalue weighted by Gasteiger charge is 2.11. The van der Waals surface area contributed by atoms with E-state index < -0.39 is 0 Å². The Morgan fingerprint density at radius 2 is 2.29 bits per heavy atom. The van der Waals surface area contributed by atoms with Crippen LogP contribution in [0.15, 0.2) is 30.5 Å². The van der Waals surface area contributed by atoms with Gasteiger partial charge in [-0.25, -0.2) is 4.98 Å². The zero-order valence-electron chi connectivity index (χ0n) is 9.23. The van der Waals surface area contributed by atoms with Crippen molar-refractivity contribution in [3.8, 4) is 12.3 Å². The van der Waals surface area contributed by atoms with Crippen LogP contribution in [0.4, 0.5) is 5.13 Å². The maximum absolute atomic E-state index is 12.0. The van der Waals surface area contributed by atoms with Gasteiger partial charge in [0, 0.05) is 19.5 Å². The van der Waals surface area contributed by atoms with Gasteiger partial charge in [0.2, 0.25) is 0 Å². The molecule has 1 N–H and O–H groups in total. The van der Waals surface area contributed by atoms with Crippen LogP contribution >= 0.6 is 11.3 Å². The average Bonchev–Trinajstić information content (AvgIpc) is 2.74. The van der Waals surface area contributed by atoms with Gasteiger partial charge in [0.15, 0.2) is 5.13 Å². The molecule has 17 heavy (non-hydrogen) atoms. The minimum Gasteiger partial charge on any atom is -0.298 e. The highest BCUT2D eigenvalue weighted by molar-refractivity contribution is 7.15. The first kappa shape index (κ1) is 11.4. The smallest absolute Gasteiger partial charge is 0.258 e.